The molecule has 0 unspecified atom stereocenters. The van der Waals surface area contributed by atoms with E-state index in [1.165, 1.54) is 0 Å². The van der Waals surface area contributed by atoms with E-state index in [0.717, 1.165) is 11.3 Å². The van der Waals surface area contributed by atoms with Gasteiger partial charge in [0.2, 0.25) is 5.91 Å². The number of hydrogen-bond donors (Lipinski definition) is 1. The Morgan fingerprint density at radius 1 is 1.33 bits per heavy atom. The van der Waals surface area contributed by atoms with Gasteiger partial charge in [-0.05, 0) is 31.5 Å². The molecule has 2 rings (SSSR count). The lowest BCUT2D eigenvalue weighted by Gasteiger charge is -2.06. The van der Waals surface area contributed by atoms with Gasteiger partial charge in [0.15, 0.2) is 0 Å². The minimum atomic E-state index is 0.0256. The van der Waals surface area contributed by atoms with Gasteiger partial charge in [-0.15, -0.1) is 0 Å². The zero-order chi connectivity index (χ0) is 13.0. The molecule has 1 amide bonds. The summed E-state index contributed by atoms with van der Waals surface area (Å²) in [6.07, 6.45) is 3.98. The van der Waals surface area contributed by atoms with E-state index in [4.69, 9.17) is 0 Å². The number of nitrogens with one attached hydrogen (secondary N) is 1. The van der Waals surface area contributed by atoms with E-state index in [-0.39, 0.29) is 11.9 Å². The fourth-order valence-electron chi connectivity index (χ4n) is 1.73. The number of aromatic nitrogens is 2. The average Bonchev–Trinajstić information content (AvgIpc) is 2.77. The van der Waals surface area contributed by atoms with Crippen LogP contribution in [0.5, 0.6) is 0 Å². The SMILES string of the molecule is CC(C)NC(=O)Cc1cnn(-c2ccccc2)c1. The fraction of sp³-hybridized carbons (Fsp3) is 0.286. The fourth-order valence-corrected chi connectivity index (χ4v) is 1.73. The zero-order valence-corrected chi connectivity index (χ0v) is 10.6. The number of para-hydroxylation sites is 1. The Kier molecular flexibility index (Phi) is 3.77. The Morgan fingerprint density at radius 3 is 2.72 bits per heavy atom. The Balaban J connectivity index is 2.05. The van der Waals surface area contributed by atoms with Gasteiger partial charge in [0.05, 0.1) is 18.3 Å². The minimum absolute atomic E-state index is 0.0256. The maximum atomic E-state index is 11.6. The van der Waals surface area contributed by atoms with E-state index in [9.17, 15) is 4.79 Å². The summed E-state index contributed by atoms with van der Waals surface area (Å²) in [6, 6.07) is 10.0. The quantitative estimate of drug-likeness (QED) is 0.892. The summed E-state index contributed by atoms with van der Waals surface area (Å²) < 4.78 is 1.78. The van der Waals surface area contributed by atoms with E-state index in [0.29, 0.717) is 6.42 Å². The maximum absolute atomic E-state index is 11.6. The summed E-state index contributed by atoms with van der Waals surface area (Å²) in [5.74, 6) is 0.0256. The molecule has 0 saturated heterocycles. The molecule has 0 aliphatic heterocycles. The Morgan fingerprint density at radius 2 is 2.06 bits per heavy atom. The lowest BCUT2D eigenvalue weighted by atomic mass is 10.2. The molecule has 18 heavy (non-hydrogen) atoms. The highest BCUT2D eigenvalue weighted by molar-refractivity contribution is 5.78. The molecule has 2 aromatic rings. The van der Waals surface area contributed by atoms with Gasteiger partial charge in [-0.1, -0.05) is 18.2 Å². The van der Waals surface area contributed by atoms with Crippen molar-refractivity contribution in [1.29, 1.82) is 0 Å². The van der Waals surface area contributed by atoms with Crippen molar-refractivity contribution in [2.75, 3.05) is 0 Å². The molecule has 1 N–H and O–H groups in total. The zero-order valence-electron chi connectivity index (χ0n) is 10.6. The van der Waals surface area contributed by atoms with Gasteiger partial charge < -0.3 is 5.32 Å². The van der Waals surface area contributed by atoms with E-state index < -0.39 is 0 Å². The molecule has 0 bridgehead atoms. The second-order valence-corrected chi connectivity index (χ2v) is 4.53. The second-order valence-electron chi connectivity index (χ2n) is 4.53. The van der Waals surface area contributed by atoms with E-state index in [1.54, 1.807) is 10.9 Å². The van der Waals surface area contributed by atoms with Gasteiger partial charge in [-0.2, -0.15) is 5.10 Å². The van der Waals surface area contributed by atoms with Crippen LogP contribution in [0.15, 0.2) is 42.7 Å². The number of carbonyl (C=O) groups is 1. The van der Waals surface area contributed by atoms with Crippen LogP contribution in [0.25, 0.3) is 5.69 Å². The third-order valence-corrected chi connectivity index (χ3v) is 2.47. The van der Waals surface area contributed by atoms with E-state index >= 15 is 0 Å². The summed E-state index contributed by atoms with van der Waals surface area (Å²) in [5, 5.41) is 7.12. The summed E-state index contributed by atoms with van der Waals surface area (Å²) in [7, 11) is 0. The van der Waals surface area contributed by atoms with Crippen molar-refractivity contribution in [2.45, 2.75) is 26.3 Å². The van der Waals surface area contributed by atoms with Crippen molar-refractivity contribution in [3.8, 4) is 5.69 Å². The van der Waals surface area contributed by atoms with Crippen LogP contribution >= 0.6 is 0 Å². The maximum Gasteiger partial charge on any atom is 0.224 e. The minimum Gasteiger partial charge on any atom is -0.354 e. The van der Waals surface area contributed by atoms with Crippen molar-refractivity contribution in [3.05, 3.63) is 48.3 Å². The van der Waals surface area contributed by atoms with E-state index in [1.807, 2.05) is 50.4 Å². The normalized spacial score (nSPS) is 10.6. The predicted octanol–water partition coefficient (Wildman–Crippen LogP) is 1.94. The van der Waals surface area contributed by atoms with Gasteiger partial charge in [-0.3, -0.25) is 4.79 Å². The average molecular weight is 243 g/mol. The lowest BCUT2D eigenvalue weighted by molar-refractivity contribution is -0.120. The summed E-state index contributed by atoms with van der Waals surface area (Å²) in [6.45, 7) is 3.90. The molecule has 0 aliphatic carbocycles. The summed E-state index contributed by atoms with van der Waals surface area (Å²) >= 11 is 0. The first kappa shape index (κ1) is 12.4. The molecule has 4 nitrogen and oxygen atoms in total. The number of amides is 1. The van der Waals surface area contributed by atoms with Gasteiger partial charge in [0.25, 0.3) is 0 Å². The van der Waals surface area contributed by atoms with Crippen molar-refractivity contribution >= 4 is 5.91 Å². The lowest BCUT2D eigenvalue weighted by Crippen LogP contribution is -2.31. The molecular weight excluding hydrogens is 226 g/mol. The van der Waals surface area contributed by atoms with Crippen molar-refractivity contribution in [1.82, 2.24) is 15.1 Å². The molecule has 1 aromatic heterocycles. The molecule has 0 atom stereocenters. The smallest absolute Gasteiger partial charge is 0.224 e. The first-order valence-electron chi connectivity index (χ1n) is 6.03. The molecule has 0 saturated carbocycles. The third-order valence-electron chi connectivity index (χ3n) is 2.47. The predicted molar refractivity (Wildman–Crippen MR) is 70.5 cm³/mol. The second kappa shape index (κ2) is 5.49. The van der Waals surface area contributed by atoms with Crippen molar-refractivity contribution in [3.63, 3.8) is 0 Å². The molecule has 0 spiro atoms. The molecule has 0 fully saturated rings. The summed E-state index contributed by atoms with van der Waals surface area (Å²) in [5.41, 5.74) is 1.91. The largest absolute Gasteiger partial charge is 0.354 e. The van der Waals surface area contributed by atoms with Crippen LogP contribution in [0.3, 0.4) is 0 Å². The standard InChI is InChI=1S/C14H17N3O/c1-11(2)16-14(18)8-12-9-15-17(10-12)13-6-4-3-5-7-13/h3-7,9-11H,8H2,1-2H3,(H,16,18). The molecular formula is C14H17N3O. The van der Waals surface area contributed by atoms with Crippen LogP contribution in [0, 0.1) is 0 Å². The highest BCUT2D eigenvalue weighted by Crippen LogP contribution is 2.08. The summed E-state index contributed by atoms with van der Waals surface area (Å²) in [4.78, 5) is 11.6. The van der Waals surface area contributed by atoms with Gasteiger partial charge >= 0.3 is 0 Å². The monoisotopic (exact) mass is 243 g/mol. The molecule has 0 radical (unpaired) electrons. The topological polar surface area (TPSA) is 46.9 Å². The van der Waals surface area contributed by atoms with Crippen LogP contribution < -0.4 is 5.32 Å². The van der Waals surface area contributed by atoms with Crippen LogP contribution in [0.4, 0.5) is 0 Å². The molecule has 94 valence electrons. The number of hydrogen-bond acceptors (Lipinski definition) is 2. The molecule has 0 aliphatic rings. The third kappa shape index (κ3) is 3.20. The Hall–Kier alpha value is -2.10. The Labute approximate surface area is 107 Å². The molecule has 4 heteroatoms. The van der Waals surface area contributed by atoms with Gasteiger partial charge in [0, 0.05) is 12.2 Å². The van der Waals surface area contributed by atoms with Crippen LogP contribution in [0.2, 0.25) is 0 Å². The number of carbonyl (C=O) groups excluding carboxylic acids is 1. The van der Waals surface area contributed by atoms with Crippen LogP contribution in [0.1, 0.15) is 19.4 Å². The van der Waals surface area contributed by atoms with Crippen molar-refractivity contribution in [2.24, 2.45) is 0 Å². The van der Waals surface area contributed by atoms with Crippen LogP contribution in [-0.2, 0) is 11.2 Å². The van der Waals surface area contributed by atoms with E-state index in [2.05, 4.69) is 10.4 Å². The molecule has 1 aromatic carbocycles. The molecule has 1 heterocycles. The van der Waals surface area contributed by atoms with Gasteiger partial charge in [0.1, 0.15) is 0 Å². The van der Waals surface area contributed by atoms with Gasteiger partial charge in [-0.25, -0.2) is 4.68 Å². The Bertz CT molecular complexity index is 517. The number of benzene rings is 1. The first-order valence-corrected chi connectivity index (χ1v) is 6.03. The number of rotatable bonds is 4. The van der Waals surface area contributed by atoms with Crippen molar-refractivity contribution < 1.29 is 4.79 Å². The highest BCUT2D eigenvalue weighted by Gasteiger charge is 2.07. The first-order chi connectivity index (χ1) is 8.65. The highest BCUT2D eigenvalue weighted by atomic mass is 16.1. The van der Waals surface area contributed by atoms with Crippen LogP contribution in [-0.4, -0.2) is 21.7 Å². The number of nitrogens with zero attached hydrogens (tertiary/aromatic N) is 2.